The van der Waals surface area contributed by atoms with Crippen LogP contribution in [0.25, 0.3) is 0 Å². The van der Waals surface area contributed by atoms with Crippen LogP contribution in [-0.2, 0) is 11.2 Å². The van der Waals surface area contributed by atoms with Gasteiger partial charge in [-0.15, -0.1) is 0 Å². The molecule has 2 N–H and O–H groups in total. The Kier molecular flexibility index (Phi) is 7.56. The summed E-state index contributed by atoms with van der Waals surface area (Å²) >= 11 is 6.09. The number of amides is 2. The van der Waals surface area contributed by atoms with Gasteiger partial charge in [-0.3, -0.25) is 9.59 Å². The van der Waals surface area contributed by atoms with Gasteiger partial charge in [0, 0.05) is 6.42 Å². The van der Waals surface area contributed by atoms with Gasteiger partial charge in [0.1, 0.15) is 11.8 Å². The fourth-order valence-corrected chi connectivity index (χ4v) is 3.15. The van der Waals surface area contributed by atoms with Gasteiger partial charge in [-0.2, -0.15) is 8.78 Å². The van der Waals surface area contributed by atoms with Crippen LogP contribution in [0.15, 0.2) is 78.9 Å². The summed E-state index contributed by atoms with van der Waals surface area (Å²) in [6.07, 6.45) is 0.181. The van der Waals surface area contributed by atoms with Gasteiger partial charge in [-0.1, -0.05) is 66.2 Å². The smallest absolute Gasteiger partial charge is 0.387 e. The lowest BCUT2D eigenvalue weighted by molar-refractivity contribution is -0.118. The second kappa shape index (κ2) is 10.5. The third kappa shape index (κ3) is 6.26. The summed E-state index contributed by atoms with van der Waals surface area (Å²) in [5.41, 5.74) is 1.09. The molecular weight excluding hydrogens is 426 g/mol. The Balaban J connectivity index is 1.83. The first-order valence-electron chi connectivity index (χ1n) is 9.38. The molecule has 1 unspecified atom stereocenters. The molecule has 2 amide bonds. The standard InChI is InChI=1S/C23H19ClF2N2O3/c24-17-11-5-4-10-16(17)21(29)28-19(14-15-8-2-1-3-9-15)22(30)27-18-12-6-7-13-20(18)31-23(25)26/h1-13,19,23H,14H2,(H,27,30)(H,28,29). The first kappa shape index (κ1) is 22.2. The van der Waals surface area contributed by atoms with E-state index in [-0.39, 0.29) is 28.4 Å². The first-order valence-corrected chi connectivity index (χ1v) is 9.76. The van der Waals surface area contributed by atoms with Crippen LogP contribution >= 0.6 is 11.6 Å². The van der Waals surface area contributed by atoms with Gasteiger partial charge in [0.15, 0.2) is 0 Å². The topological polar surface area (TPSA) is 67.4 Å². The number of carbonyl (C=O) groups is 2. The zero-order chi connectivity index (χ0) is 22.2. The van der Waals surface area contributed by atoms with Gasteiger partial charge >= 0.3 is 6.61 Å². The van der Waals surface area contributed by atoms with Crippen molar-refractivity contribution in [2.75, 3.05) is 5.32 Å². The second-order valence-corrected chi connectivity index (χ2v) is 6.97. The van der Waals surface area contributed by atoms with Crippen molar-refractivity contribution in [2.45, 2.75) is 19.1 Å². The molecule has 5 nitrogen and oxygen atoms in total. The van der Waals surface area contributed by atoms with Crippen molar-refractivity contribution < 1.29 is 23.1 Å². The minimum atomic E-state index is -3.04. The molecule has 1 atom stereocenters. The van der Waals surface area contributed by atoms with Gasteiger partial charge in [0.25, 0.3) is 5.91 Å². The van der Waals surface area contributed by atoms with Crippen molar-refractivity contribution in [1.29, 1.82) is 0 Å². The van der Waals surface area contributed by atoms with Crippen LogP contribution in [-0.4, -0.2) is 24.5 Å². The fraction of sp³-hybridized carbons (Fsp3) is 0.130. The number of anilines is 1. The zero-order valence-corrected chi connectivity index (χ0v) is 17.0. The predicted molar refractivity (Wildman–Crippen MR) is 115 cm³/mol. The van der Waals surface area contributed by atoms with Crippen LogP contribution in [0, 0.1) is 0 Å². The number of benzene rings is 3. The summed E-state index contributed by atoms with van der Waals surface area (Å²) in [7, 11) is 0. The SMILES string of the molecule is O=C(NC(Cc1ccccc1)C(=O)Nc1ccccc1OC(F)F)c1ccccc1Cl. The summed E-state index contributed by atoms with van der Waals surface area (Å²) in [5.74, 6) is -1.30. The van der Waals surface area contributed by atoms with Crippen molar-refractivity contribution in [2.24, 2.45) is 0 Å². The highest BCUT2D eigenvalue weighted by Crippen LogP contribution is 2.26. The molecule has 31 heavy (non-hydrogen) atoms. The summed E-state index contributed by atoms with van der Waals surface area (Å²) < 4.78 is 29.8. The van der Waals surface area contributed by atoms with Gasteiger partial charge in [-0.25, -0.2) is 0 Å². The van der Waals surface area contributed by atoms with Crippen LogP contribution in [0.3, 0.4) is 0 Å². The summed E-state index contributed by atoms with van der Waals surface area (Å²) in [6, 6.07) is 20.4. The number of rotatable bonds is 8. The van der Waals surface area contributed by atoms with E-state index in [1.807, 2.05) is 30.3 Å². The number of hydrogen-bond donors (Lipinski definition) is 2. The molecule has 160 valence electrons. The number of alkyl halides is 2. The van der Waals surface area contributed by atoms with Crippen molar-refractivity contribution in [3.63, 3.8) is 0 Å². The van der Waals surface area contributed by atoms with Crippen molar-refractivity contribution >= 4 is 29.1 Å². The number of nitrogens with one attached hydrogen (secondary N) is 2. The Labute approximate surface area is 183 Å². The van der Waals surface area contributed by atoms with E-state index in [1.54, 1.807) is 30.3 Å². The Bertz CT molecular complexity index is 1050. The van der Waals surface area contributed by atoms with E-state index < -0.39 is 24.5 Å². The highest BCUT2D eigenvalue weighted by molar-refractivity contribution is 6.33. The summed E-state index contributed by atoms with van der Waals surface area (Å²) in [6.45, 7) is -3.04. The Morgan fingerprint density at radius 1 is 0.903 bits per heavy atom. The fourth-order valence-electron chi connectivity index (χ4n) is 2.93. The number of para-hydroxylation sites is 2. The predicted octanol–water partition coefficient (Wildman–Crippen LogP) is 4.92. The van der Waals surface area contributed by atoms with Crippen molar-refractivity contribution in [3.8, 4) is 5.75 Å². The average Bonchev–Trinajstić information content (AvgIpc) is 2.75. The Morgan fingerprint density at radius 2 is 1.55 bits per heavy atom. The number of carbonyl (C=O) groups excluding carboxylic acids is 2. The summed E-state index contributed by atoms with van der Waals surface area (Å²) in [5, 5.41) is 5.49. The molecule has 3 rings (SSSR count). The Morgan fingerprint density at radius 3 is 2.26 bits per heavy atom. The lowest BCUT2D eigenvalue weighted by Gasteiger charge is -2.20. The molecule has 0 aliphatic rings. The monoisotopic (exact) mass is 444 g/mol. The Hall–Kier alpha value is -3.45. The molecule has 3 aromatic rings. The number of hydrogen-bond acceptors (Lipinski definition) is 3. The van der Waals surface area contributed by atoms with Crippen LogP contribution in [0.1, 0.15) is 15.9 Å². The molecule has 3 aromatic carbocycles. The van der Waals surface area contributed by atoms with E-state index in [1.165, 1.54) is 18.2 Å². The zero-order valence-electron chi connectivity index (χ0n) is 16.2. The minimum absolute atomic E-state index is 0.0675. The van der Waals surface area contributed by atoms with Crippen LogP contribution in [0.4, 0.5) is 14.5 Å². The molecule has 0 aliphatic carbocycles. The lowest BCUT2D eigenvalue weighted by atomic mass is 10.0. The van der Waals surface area contributed by atoms with E-state index in [4.69, 9.17) is 11.6 Å². The third-order valence-corrected chi connectivity index (χ3v) is 4.71. The van der Waals surface area contributed by atoms with Gasteiger partial charge < -0.3 is 15.4 Å². The second-order valence-electron chi connectivity index (χ2n) is 6.56. The van der Waals surface area contributed by atoms with E-state index in [2.05, 4.69) is 15.4 Å². The molecule has 0 fully saturated rings. The minimum Gasteiger partial charge on any atom is -0.433 e. The molecule has 0 saturated carbocycles. The van der Waals surface area contributed by atoms with Crippen LogP contribution in [0.2, 0.25) is 5.02 Å². The third-order valence-electron chi connectivity index (χ3n) is 4.38. The van der Waals surface area contributed by atoms with Gasteiger partial charge in [0.2, 0.25) is 5.91 Å². The molecule has 0 radical (unpaired) electrons. The normalized spacial score (nSPS) is 11.6. The lowest BCUT2D eigenvalue weighted by Crippen LogP contribution is -2.45. The first-order chi connectivity index (χ1) is 14.9. The highest BCUT2D eigenvalue weighted by Gasteiger charge is 2.24. The number of ether oxygens (including phenoxy) is 1. The largest absolute Gasteiger partial charge is 0.433 e. The maximum Gasteiger partial charge on any atom is 0.387 e. The molecule has 0 bridgehead atoms. The van der Waals surface area contributed by atoms with E-state index >= 15 is 0 Å². The highest BCUT2D eigenvalue weighted by atomic mass is 35.5. The molecule has 0 aliphatic heterocycles. The molecular formula is C23H19ClF2N2O3. The number of halogens is 3. The van der Waals surface area contributed by atoms with E-state index in [0.29, 0.717) is 0 Å². The molecule has 0 aromatic heterocycles. The van der Waals surface area contributed by atoms with Crippen LogP contribution < -0.4 is 15.4 Å². The quantitative estimate of drug-likeness (QED) is 0.518. The molecule has 0 spiro atoms. The van der Waals surface area contributed by atoms with Crippen molar-refractivity contribution in [1.82, 2.24) is 5.32 Å². The van der Waals surface area contributed by atoms with Gasteiger partial charge in [-0.05, 0) is 29.8 Å². The van der Waals surface area contributed by atoms with Crippen LogP contribution in [0.5, 0.6) is 5.75 Å². The maximum absolute atomic E-state index is 13.0. The van der Waals surface area contributed by atoms with E-state index in [9.17, 15) is 18.4 Å². The average molecular weight is 445 g/mol. The molecule has 0 saturated heterocycles. The van der Waals surface area contributed by atoms with Gasteiger partial charge in [0.05, 0.1) is 16.3 Å². The van der Waals surface area contributed by atoms with E-state index in [0.717, 1.165) is 5.56 Å². The summed E-state index contributed by atoms with van der Waals surface area (Å²) in [4.78, 5) is 25.7. The van der Waals surface area contributed by atoms with Crippen molar-refractivity contribution in [3.05, 3.63) is 95.0 Å². The molecule has 0 heterocycles. The maximum atomic E-state index is 13.0. The molecule has 8 heteroatoms.